The van der Waals surface area contributed by atoms with Crippen molar-refractivity contribution in [1.29, 1.82) is 0 Å². The Morgan fingerprint density at radius 2 is 2.14 bits per heavy atom. The Hall–Kier alpha value is -0.730. The van der Waals surface area contributed by atoms with Crippen molar-refractivity contribution in [3.05, 3.63) is 28.8 Å². The minimum absolute atomic E-state index is 0.729. The Bertz CT molecular complexity index is 289. The molecule has 0 aliphatic heterocycles. The molecule has 0 saturated carbocycles. The van der Waals surface area contributed by atoms with E-state index in [2.05, 4.69) is 0 Å². The van der Waals surface area contributed by atoms with E-state index < -0.39 is 0 Å². The molecule has 14 heavy (non-hydrogen) atoms. The molecule has 2 nitrogen and oxygen atoms in total. The zero-order valence-corrected chi connectivity index (χ0v) is 9.18. The molecular formula is C11H16ClNO. The van der Waals surface area contributed by atoms with Crippen LogP contribution in [0.4, 0.5) is 0 Å². The molecule has 3 heteroatoms. The van der Waals surface area contributed by atoms with Crippen molar-refractivity contribution in [2.24, 2.45) is 5.73 Å². The molecule has 0 heterocycles. The number of hydrogen-bond donors (Lipinski definition) is 1. The second-order valence-electron chi connectivity index (χ2n) is 3.17. The first-order valence-electron chi connectivity index (χ1n) is 4.81. The van der Waals surface area contributed by atoms with Crippen LogP contribution in [0, 0.1) is 0 Å². The number of rotatable bonds is 5. The second-order valence-corrected chi connectivity index (χ2v) is 3.57. The average Bonchev–Trinajstić information content (AvgIpc) is 2.20. The lowest BCUT2D eigenvalue weighted by Gasteiger charge is -2.09. The molecule has 0 fully saturated rings. The fourth-order valence-corrected chi connectivity index (χ4v) is 1.68. The monoisotopic (exact) mass is 213 g/mol. The van der Waals surface area contributed by atoms with E-state index in [0.29, 0.717) is 0 Å². The molecule has 0 saturated heterocycles. The summed E-state index contributed by atoms with van der Waals surface area (Å²) >= 11 is 6.08. The van der Waals surface area contributed by atoms with Gasteiger partial charge in [-0.25, -0.2) is 0 Å². The number of benzene rings is 1. The Morgan fingerprint density at radius 3 is 2.79 bits per heavy atom. The summed E-state index contributed by atoms with van der Waals surface area (Å²) < 4.78 is 5.24. The molecule has 1 aromatic rings. The van der Waals surface area contributed by atoms with Crippen molar-refractivity contribution in [3.8, 4) is 5.75 Å². The molecule has 0 aliphatic rings. The SMILES string of the molecule is COc1cccc(Cl)c1CCCCN. The van der Waals surface area contributed by atoms with Gasteiger partial charge in [0.15, 0.2) is 0 Å². The van der Waals surface area contributed by atoms with Crippen LogP contribution in [0.25, 0.3) is 0 Å². The standard InChI is InChI=1S/C11H16ClNO/c1-14-11-7-4-6-10(12)9(11)5-2-3-8-13/h4,6-7H,2-3,5,8,13H2,1H3. The predicted molar refractivity (Wildman–Crippen MR) is 60.0 cm³/mol. The van der Waals surface area contributed by atoms with Gasteiger partial charge in [0.25, 0.3) is 0 Å². The van der Waals surface area contributed by atoms with Crippen LogP contribution in [-0.4, -0.2) is 13.7 Å². The first kappa shape index (κ1) is 11.3. The van der Waals surface area contributed by atoms with E-state index in [4.69, 9.17) is 22.1 Å². The first-order valence-corrected chi connectivity index (χ1v) is 5.19. The summed E-state index contributed by atoms with van der Waals surface area (Å²) in [6.45, 7) is 0.729. The molecule has 0 atom stereocenters. The molecule has 78 valence electrons. The predicted octanol–water partition coefficient (Wildman–Crippen LogP) is 2.63. The Morgan fingerprint density at radius 1 is 1.36 bits per heavy atom. The summed E-state index contributed by atoms with van der Waals surface area (Å²) in [7, 11) is 1.66. The van der Waals surface area contributed by atoms with Gasteiger partial charge in [-0.1, -0.05) is 17.7 Å². The smallest absolute Gasteiger partial charge is 0.123 e. The Balaban J connectivity index is 2.72. The van der Waals surface area contributed by atoms with Gasteiger partial charge in [0.2, 0.25) is 0 Å². The molecule has 1 rings (SSSR count). The highest BCUT2D eigenvalue weighted by molar-refractivity contribution is 6.31. The van der Waals surface area contributed by atoms with Crippen molar-refractivity contribution in [2.75, 3.05) is 13.7 Å². The number of methoxy groups -OCH3 is 1. The molecule has 2 N–H and O–H groups in total. The van der Waals surface area contributed by atoms with Gasteiger partial charge in [-0.15, -0.1) is 0 Å². The Labute approximate surface area is 90.0 Å². The van der Waals surface area contributed by atoms with Gasteiger partial charge >= 0.3 is 0 Å². The van der Waals surface area contributed by atoms with E-state index in [1.165, 1.54) is 0 Å². The van der Waals surface area contributed by atoms with Crippen LogP contribution in [0.15, 0.2) is 18.2 Å². The van der Waals surface area contributed by atoms with Crippen molar-refractivity contribution in [1.82, 2.24) is 0 Å². The molecule has 1 aromatic carbocycles. The van der Waals surface area contributed by atoms with Crippen LogP contribution < -0.4 is 10.5 Å². The fraction of sp³-hybridized carbons (Fsp3) is 0.455. The number of unbranched alkanes of at least 4 members (excludes halogenated alkanes) is 1. The van der Waals surface area contributed by atoms with Crippen LogP contribution in [0.5, 0.6) is 5.75 Å². The summed E-state index contributed by atoms with van der Waals surface area (Å²) in [4.78, 5) is 0. The zero-order valence-electron chi connectivity index (χ0n) is 8.42. The third kappa shape index (κ3) is 2.89. The largest absolute Gasteiger partial charge is 0.496 e. The molecule has 0 unspecified atom stereocenters. The maximum absolute atomic E-state index is 6.08. The highest BCUT2D eigenvalue weighted by atomic mass is 35.5. The van der Waals surface area contributed by atoms with Crippen LogP contribution in [0.1, 0.15) is 18.4 Å². The molecule has 0 radical (unpaired) electrons. The third-order valence-electron chi connectivity index (χ3n) is 2.18. The van der Waals surface area contributed by atoms with Crippen LogP contribution in [0.3, 0.4) is 0 Å². The van der Waals surface area contributed by atoms with Gasteiger partial charge in [0.1, 0.15) is 5.75 Å². The van der Waals surface area contributed by atoms with Crippen molar-refractivity contribution < 1.29 is 4.74 Å². The van der Waals surface area contributed by atoms with E-state index >= 15 is 0 Å². The number of hydrogen-bond acceptors (Lipinski definition) is 2. The van der Waals surface area contributed by atoms with E-state index in [1.54, 1.807) is 7.11 Å². The quantitative estimate of drug-likeness (QED) is 0.764. The summed E-state index contributed by atoms with van der Waals surface area (Å²) in [5, 5.41) is 0.779. The highest BCUT2D eigenvalue weighted by Gasteiger charge is 2.06. The van der Waals surface area contributed by atoms with E-state index in [0.717, 1.165) is 42.1 Å². The van der Waals surface area contributed by atoms with Gasteiger partial charge in [-0.2, -0.15) is 0 Å². The number of halogens is 1. The lowest BCUT2D eigenvalue weighted by atomic mass is 10.1. The summed E-state index contributed by atoms with van der Waals surface area (Å²) in [6.07, 6.45) is 3.00. The van der Waals surface area contributed by atoms with E-state index in [9.17, 15) is 0 Å². The van der Waals surface area contributed by atoms with Gasteiger partial charge in [-0.05, 0) is 37.9 Å². The lowest BCUT2D eigenvalue weighted by molar-refractivity contribution is 0.409. The van der Waals surface area contributed by atoms with Gasteiger partial charge in [-0.3, -0.25) is 0 Å². The molecule has 0 aromatic heterocycles. The molecule has 0 bridgehead atoms. The van der Waals surface area contributed by atoms with Gasteiger partial charge in [0.05, 0.1) is 7.11 Å². The Kier molecular flexibility index (Phi) is 4.77. The summed E-state index contributed by atoms with van der Waals surface area (Å²) in [6, 6.07) is 5.72. The molecule has 0 spiro atoms. The van der Waals surface area contributed by atoms with Crippen molar-refractivity contribution >= 4 is 11.6 Å². The summed E-state index contributed by atoms with van der Waals surface area (Å²) in [5.41, 5.74) is 6.53. The highest BCUT2D eigenvalue weighted by Crippen LogP contribution is 2.27. The topological polar surface area (TPSA) is 35.2 Å². The maximum Gasteiger partial charge on any atom is 0.123 e. The van der Waals surface area contributed by atoms with E-state index in [-0.39, 0.29) is 0 Å². The number of ether oxygens (including phenoxy) is 1. The number of nitrogens with two attached hydrogens (primary N) is 1. The lowest BCUT2D eigenvalue weighted by Crippen LogP contribution is -2.00. The van der Waals surface area contributed by atoms with Gasteiger partial charge in [0, 0.05) is 10.6 Å². The molecule has 0 amide bonds. The maximum atomic E-state index is 6.08. The fourth-order valence-electron chi connectivity index (χ4n) is 1.42. The average molecular weight is 214 g/mol. The normalized spacial score (nSPS) is 10.2. The molecule has 0 aliphatic carbocycles. The van der Waals surface area contributed by atoms with Crippen LogP contribution >= 0.6 is 11.6 Å². The zero-order chi connectivity index (χ0) is 10.4. The van der Waals surface area contributed by atoms with Crippen LogP contribution in [-0.2, 0) is 6.42 Å². The minimum atomic E-state index is 0.729. The molecular weight excluding hydrogens is 198 g/mol. The van der Waals surface area contributed by atoms with Crippen LogP contribution in [0.2, 0.25) is 5.02 Å². The van der Waals surface area contributed by atoms with Crippen molar-refractivity contribution in [3.63, 3.8) is 0 Å². The van der Waals surface area contributed by atoms with E-state index in [1.807, 2.05) is 18.2 Å². The third-order valence-corrected chi connectivity index (χ3v) is 2.53. The van der Waals surface area contributed by atoms with Gasteiger partial charge < -0.3 is 10.5 Å². The second kappa shape index (κ2) is 5.89. The van der Waals surface area contributed by atoms with Crippen molar-refractivity contribution in [2.45, 2.75) is 19.3 Å². The summed E-state index contributed by atoms with van der Waals surface area (Å²) in [5.74, 6) is 0.870. The first-order chi connectivity index (χ1) is 6.79. The minimum Gasteiger partial charge on any atom is -0.496 e.